The summed E-state index contributed by atoms with van der Waals surface area (Å²) < 4.78 is 0. The number of nitrogens with one attached hydrogen (secondary N) is 1. The number of carbonyl (C=O) groups excluding carboxylic acids is 2. The number of carbonyl (C=O) groups is 2. The smallest absolute Gasteiger partial charge is 0.136 e. The Morgan fingerprint density at radius 1 is 1.62 bits per heavy atom. The largest absolute Gasteiger partial charge is 0.311 e. The average Bonchev–Trinajstić information content (AvgIpc) is 2.02. The predicted octanol–water partition coefficient (Wildman–Crippen LogP) is 0.921. The fraction of sp³-hybridized carbons (Fsp3) is 0.800. The minimum atomic E-state index is 0.0515. The molecule has 3 heteroatoms. The van der Waals surface area contributed by atoms with E-state index in [2.05, 4.69) is 5.32 Å². The highest BCUT2D eigenvalue weighted by atomic mass is 16.1. The van der Waals surface area contributed by atoms with Crippen LogP contribution in [-0.2, 0) is 9.59 Å². The summed E-state index contributed by atoms with van der Waals surface area (Å²) >= 11 is 0. The number of ketones is 1. The Balaban J connectivity index is 2.41. The molecule has 0 aromatic heterocycles. The molecular formula is C10H17NO2. The van der Waals surface area contributed by atoms with E-state index < -0.39 is 0 Å². The van der Waals surface area contributed by atoms with Gasteiger partial charge in [0.25, 0.3) is 0 Å². The molecule has 0 radical (unpaired) electrons. The van der Waals surface area contributed by atoms with E-state index in [1.165, 1.54) is 0 Å². The van der Waals surface area contributed by atoms with Crippen molar-refractivity contribution in [1.29, 1.82) is 0 Å². The molecule has 3 unspecified atom stereocenters. The molecule has 3 atom stereocenters. The number of hydrogen-bond acceptors (Lipinski definition) is 3. The van der Waals surface area contributed by atoms with E-state index >= 15 is 0 Å². The molecule has 1 fully saturated rings. The Labute approximate surface area is 78.9 Å². The van der Waals surface area contributed by atoms with Crippen LogP contribution in [0.2, 0.25) is 0 Å². The topological polar surface area (TPSA) is 46.2 Å². The summed E-state index contributed by atoms with van der Waals surface area (Å²) in [4.78, 5) is 21.7. The lowest BCUT2D eigenvalue weighted by atomic mass is 9.92. The van der Waals surface area contributed by atoms with Crippen molar-refractivity contribution in [2.45, 2.75) is 45.2 Å². The van der Waals surface area contributed by atoms with Crippen molar-refractivity contribution in [2.24, 2.45) is 5.92 Å². The third kappa shape index (κ3) is 3.27. The number of Topliss-reactive ketones (excluding diaryl/α,β-unsaturated/α-hetero) is 1. The van der Waals surface area contributed by atoms with Crippen molar-refractivity contribution in [3.63, 3.8) is 0 Å². The third-order valence-corrected chi connectivity index (χ3v) is 2.42. The first kappa shape index (κ1) is 10.4. The van der Waals surface area contributed by atoms with Gasteiger partial charge in [-0.05, 0) is 13.3 Å². The van der Waals surface area contributed by atoms with E-state index in [0.717, 1.165) is 12.7 Å². The maximum atomic E-state index is 11.2. The SMILES string of the molecule is CC(C=O)CC1CC(=O)CC(C)N1. The summed E-state index contributed by atoms with van der Waals surface area (Å²) in [5.41, 5.74) is 0. The Morgan fingerprint density at radius 2 is 2.31 bits per heavy atom. The molecule has 1 N–H and O–H groups in total. The molecule has 0 aliphatic carbocycles. The molecule has 1 aliphatic heterocycles. The van der Waals surface area contributed by atoms with Crippen LogP contribution in [0, 0.1) is 5.92 Å². The summed E-state index contributed by atoms with van der Waals surface area (Å²) in [6.45, 7) is 3.90. The Kier molecular flexibility index (Phi) is 3.60. The van der Waals surface area contributed by atoms with Crippen molar-refractivity contribution in [3.05, 3.63) is 0 Å². The lowest BCUT2D eigenvalue weighted by molar-refractivity contribution is -0.122. The molecule has 0 aromatic carbocycles. The van der Waals surface area contributed by atoms with Gasteiger partial charge in [0.15, 0.2) is 0 Å². The molecule has 1 rings (SSSR count). The van der Waals surface area contributed by atoms with Crippen LogP contribution in [0.3, 0.4) is 0 Å². The maximum Gasteiger partial charge on any atom is 0.136 e. The van der Waals surface area contributed by atoms with E-state index in [1.807, 2.05) is 13.8 Å². The fourth-order valence-corrected chi connectivity index (χ4v) is 1.88. The minimum Gasteiger partial charge on any atom is -0.311 e. The average molecular weight is 183 g/mol. The van der Waals surface area contributed by atoms with Crippen molar-refractivity contribution in [1.82, 2.24) is 5.32 Å². The fourth-order valence-electron chi connectivity index (χ4n) is 1.88. The highest BCUT2D eigenvalue weighted by molar-refractivity contribution is 5.80. The van der Waals surface area contributed by atoms with Gasteiger partial charge < -0.3 is 10.1 Å². The normalized spacial score (nSPS) is 31.4. The molecule has 0 aromatic rings. The zero-order valence-electron chi connectivity index (χ0n) is 8.25. The van der Waals surface area contributed by atoms with Gasteiger partial charge in [-0.15, -0.1) is 0 Å². The summed E-state index contributed by atoms with van der Waals surface area (Å²) in [6, 6.07) is 0.474. The zero-order valence-corrected chi connectivity index (χ0v) is 8.25. The van der Waals surface area contributed by atoms with E-state index in [9.17, 15) is 9.59 Å². The maximum absolute atomic E-state index is 11.2. The Morgan fingerprint density at radius 3 is 2.85 bits per heavy atom. The van der Waals surface area contributed by atoms with E-state index in [-0.39, 0.29) is 18.0 Å². The van der Waals surface area contributed by atoms with Crippen LogP contribution < -0.4 is 5.32 Å². The minimum absolute atomic E-state index is 0.0515. The number of hydrogen-bond donors (Lipinski definition) is 1. The van der Waals surface area contributed by atoms with Crippen LogP contribution in [-0.4, -0.2) is 24.2 Å². The van der Waals surface area contributed by atoms with E-state index in [0.29, 0.717) is 18.6 Å². The lowest BCUT2D eigenvalue weighted by Gasteiger charge is -2.28. The van der Waals surface area contributed by atoms with Crippen LogP contribution in [0.15, 0.2) is 0 Å². The molecule has 0 spiro atoms. The van der Waals surface area contributed by atoms with Gasteiger partial charge in [-0.25, -0.2) is 0 Å². The zero-order chi connectivity index (χ0) is 9.84. The van der Waals surface area contributed by atoms with Gasteiger partial charge >= 0.3 is 0 Å². The first-order valence-electron chi connectivity index (χ1n) is 4.85. The first-order chi connectivity index (χ1) is 6.11. The standard InChI is InChI=1S/C10H17NO2/c1-7(6-12)3-9-5-10(13)4-8(2)11-9/h6-9,11H,3-5H2,1-2H3. The molecule has 1 heterocycles. The van der Waals surface area contributed by atoms with Crippen LogP contribution in [0.25, 0.3) is 0 Å². The van der Waals surface area contributed by atoms with Gasteiger partial charge in [-0.1, -0.05) is 6.92 Å². The second kappa shape index (κ2) is 4.51. The molecular weight excluding hydrogens is 166 g/mol. The van der Waals surface area contributed by atoms with Gasteiger partial charge in [0, 0.05) is 30.8 Å². The molecule has 0 amide bonds. The van der Waals surface area contributed by atoms with Crippen molar-refractivity contribution < 1.29 is 9.59 Å². The van der Waals surface area contributed by atoms with Crippen molar-refractivity contribution >= 4 is 12.1 Å². The molecule has 13 heavy (non-hydrogen) atoms. The summed E-state index contributed by atoms with van der Waals surface area (Å²) in [5, 5.41) is 3.33. The Hall–Kier alpha value is -0.700. The predicted molar refractivity (Wildman–Crippen MR) is 50.5 cm³/mol. The second-order valence-corrected chi connectivity index (χ2v) is 4.06. The third-order valence-electron chi connectivity index (χ3n) is 2.42. The van der Waals surface area contributed by atoms with Crippen LogP contribution in [0.5, 0.6) is 0 Å². The van der Waals surface area contributed by atoms with Gasteiger partial charge in [0.1, 0.15) is 12.1 Å². The summed E-state index contributed by atoms with van der Waals surface area (Å²) in [7, 11) is 0. The van der Waals surface area contributed by atoms with Gasteiger partial charge in [0.2, 0.25) is 0 Å². The van der Waals surface area contributed by atoms with Crippen molar-refractivity contribution in [3.8, 4) is 0 Å². The molecule has 74 valence electrons. The number of piperidine rings is 1. The van der Waals surface area contributed by atoms with Gasteiger partial charge in [0.05, 0.1) is 0 Å². The molecule has 0 saturated carbocycles. The van der Waals surface area contributed by atoms with Gasteiger partial charge in [-0.2, -0.15) is 0 Å². The second-order valence-electron chi connectivity index (χ2n) is 4.06. The number of aldehydes is 1. The Bertz CT molecular complexity index is 203. The van der Waals surface area contributed by atoms with E-state index in [1.54, 1.807) is 0 Å². The number of rotatable bonds is 3. The van der Waals surface area contributed by atoms with Crippen LogP contribution >= 0.6 is 0 Å². The molecule has 3 nitrogen and oxygen atoms in total. The molecule has 1 saturated heterocycles. The molecule has 1 aliphatic rings. The summed E-state index contributed by atoms with van der Waals surface area (Å²) in [5.74, 6) is 0.366. The van der Waals surface area contributed by atoms with E-state index in [4.69, 9.17) is 0 Å². The van der Waals surface area contributed by atoms with Crippen molar-refractivity contribution in [2.75, 3.05) is 0 Å². The monoisotopic (exact) mass is 183 g/mol. The highest BCUT2D eigenvalue weighted by Crippen LogP contribution is 2.14. The highest BCUT2D eigenvalue weighted by Gasteiger charge is 2.24. The first-order valence-corrected chi connectivity index (χ1v) is 4.85. The van der Waals surface area contributed by atoms with Crippen LogP contribution in [0.1, 0.15) is 33.1 Å². The quantitative estimate of drug-likeness (QED) is 0.662. The van der Waals surface area contributed by atoms with Gasteiger partial charge in [-0.3, -0.25) is 4.79 Å². The van der Waals surface area contributed by atoms with Crippen LogP contribution in [0.4, 0.5) is 0 Å². The summed E-state index contributed by atoms with van der Waals surface area (Å²) in [6.07, 6.45) is 2.94. The lowest BCUT2D eigenvalue weighted by Crippen LogP contribution is -2.45. The molecule has 0 bridgehead atoms.